The van der Waals surface area contributed by atoms with Crippen molar-refractivity contribution in [2.45, 2.75) is 0 Å². The van der Waals surface area contributed by atoms with Crippen LogP contribution in [0.5, 0.6) is 0 Å². The first kappa shape index (κ1) is 15.2. The molecule has 7 heteroatoms. The quantitative estimate of drug-likeness (QED) is 0.881. The lowest BCUT2D eigenvalue weighted by Crippen LogP contribution is -2.48. The van der Waals surface area contributed by atoms with Crippen LogP contribution in [0.15, 0.2) is 36.8 Å². The molecular formula is C16H19N7. The largest absolute Gasteiger partial charge is 0.369 e. The van der Waals surface area contributed by atoms with Gasteiger partial charge < -0.3 is 10.2 Å². The van der Waals surface area contributed by atoms with Crippen LogP contribution in [0.25, 0.3) is 0 Å². The lowest BCUT2D eigenvalue weighted by molar-refractivity contribution is 0.266. The number of rotatable bonds is 5. The molecule has 0 atom stereocenters. The Balaban J connectivity index is 1.40. The lowest BCUT2D eigenvalue weighted by atomic mass is 10.3. The van der Waals surface area contributed by atoms with Crippen LogP contribution in [0.4, 0.5) is 11.8 Å². The van der Waals surface area contributed by atoms with Gasteiger partial charge in [0.1, 0.15) is 11.9 Å². The summed E-state index contributed by atoms with van der Waals surface area (Å²) in [7, 11) is 0. The summed E-state index contributed by atoms with van der Waals surface area (Å²) in [6, 6.07) is 7.51. The summed E-state index contributed by atoms with van der Waals surface area (Å²) < 4.78 is 0. The number of nitriles is 1. The van der Waals surface area contributed by atoms with Gasteiger partial charge in [0.2, 0.25) is 5.95 Å². The van der Waals surface area contributed by atoms with E-state index in [-0.39, 0.29) is 0 Å². The van der Waals surface area contributed by atoms with Crippen molar-refractivity contribution in [3.63, 3.8) is 0 Å². The van der Waals surface area contributed by atoms with E-state index in [2.05, 4.69) is 36.1 Å². The predicted molar refractivity (Wildman–Crippen MR) is 88.1 cm³/mol. The van der Waals surface area contributed by atoms with Crippen molar-refractivity contribution in [1.82, 2.24) is 19.9 Å². The van der Waals surface area contributed by atoms with Gasteiger partial charge in [0.15, 0.2) is 0 Å². The summed E-state index contributed by atoms with van der Waals surface area (Å²) in [4.78, 5) is 17.4. The van der Waals surface area contributed by atoms with Gasteiger partial charge in [-0.2, -0.15) is 5.26 Å². The van der Waals surface area contributed by atoms with E-state index in [4.69, 9.17) is 5.26 Å². The number of nitrogens with one attached hydrogen (secondary N) is 1. The third kappa shape index (κ3) is 4.14. The first-order valence-corrected chi connectivity index (χ1v) is 7.69. The maximum atomic E-state index is 8.75. The molecule has 1 fully saturated rings. The Morgan fingerprint density at radius 3 is 2.52 bits per heavy atom. The van der Waals surface area contributed by atoms with Crippen molar-refractivity contribution in [2.75, 3.05) is 49.5 Å². The summed E-state index contributed by atoms with van der Waals surface area (Å²) in [6.07, 6.45) is 5.15. The minimum atomic E-state index is 0.579. The Labute approximate surface area is 135 Å². The number of hydrogen-bond acceptors (Lipinski definition) is 7. The third-order valence-corrected chi connectivity index (χ3v) is 3.83. The highest BCUT2D eigenvalue weighted by Crippen LogP contribution is 2.09. The van der Waals surface area contributed by atoms with E-state index >= 15 is 0 Å². The van der Waals surface area contributed by atoms with Gasteiger partial charge in [0.05, 0.1) is 5.56 Å². The fourth-order valence-electron chi connectivity index (χ4n) is 2.53. The number of piperazine rings is 1. The van der Waals surface area contributed by atoms with Gasteiger partial charge in [-0.1, -0.05) is 0 Å². The standard InChI is InChI=1S/C16H19N7/c17-12-14-2-3-15(21-13-14)18-6-7-22-8-10-23(11-9-22)16-19-4-1-5-20-16/h1-5,13H,6-11H2,(H,18,21). The molecule has 3 rings (SSSR count). The average Bonchev–Trinajstić information content (AvgIpc) is 2.64. The van der Waals surface area contributed by atoms with Crippen LogP contribution < -0.4 is 10.2 Å². The Kier molecular flexibility index (Phi) is 4.96. The topological polar surface area (TPSA) is 81.0 Å². The second kappa shape index (κ2) is 7.51. The molecule has 1 aliphatic rings. The van der Waals surface area contributed by atoms with Crippen molar-refractivity contribution in [3.8, 4) is 6.07 Å². The zero-order chi connectivity index (χ0) is 15.9. The van der Waals surface area contributed by atoms with Gasteiger partial charge >= 0.3 is 0 Å². The maximum absolute atomic E-state index is 8.75. The van der Waals surface area contributed by atoms with Gasteiger partial charge in [0.25, 0.3) is 0 Å². The van der Waals surface area contributed by atoms with Crippen molar-refractivity contribution >= 4 is 11.8 Å². The molecule has 1 saturated heterocycles. The molecule has 2 aromatic rings. The van der Waals surface area contributed by atoms with Gasteiger partial charge in [-0.05, 0) is 18.2 Å². The van der Waals surface area contributed by atoms with Crippen molar-refractivity contribution in [3.05, 3.63) is 42.4 Å². The summed E-state index contributed by atoms with van der Waals surface area (Å²) in [6.45, 7) is 5.69. The van der Waals surface area contributed by atoms with Crippen LogP contribution in [0.2, 0.25) is 0 Å². The predicted octanol–water partition coefficient (Wildman–Crippen LogP) is 0.977. The van der Waals surface area contributed by atoms with Gasteiger partial charge in [-0.3, -0.25) is 4.90 Å². The smallest absolute Gasteiger partial charge is 0.225 e. The van der Waals surface area contributed by atoms with E-state index in [0.29, 0.717) is 5.56 Å². The van der Waals surface area contributed by atoms with E-state index in [1.165, 1.54) is 0 Å². The normalized spacial score (nSPS) is 15.2. The van der Waals surface area contributed by atoms with Crippen LogP contribution in [0, 0.1) is 11.3 Å². The molecule has 0 spiro atoms. The van der Waals surface area contributed by atoms with Crippen LogP contribution in [0.3, 0.4) is 0 Å². The van der Waals surface area contributed by atoms with Gasteiger partial charge in [-0.25, -0.2) is 15.0 Å². The third-order valence-electron chi connectivity index (χ3n) is 3.83. The molecule has 1 N–H and O–H groups in total. The molecule has 118 valence electrons. The second-order valence-electron chi connectivity index (χ2n) is 5.35. The Morgan fingerprint density at radius 1 is 1.09 bits per heavy atom. The molecule has 0 aromatic carbocycles. The number of anilines is 2. The van der Waals surface area contributed by atoms with E-state index in [1.54, 1.807) is 24.7 Å². The fraction of sp³-hybridized carbons (Fsp3) is 0.375. The highest BCUT2D eigenvalue weighted by atomic mass is 15.3. The second-order valence-corrected chi connectivity index (χ2v) is 5.35. The monoisotopic (exact) mass is 309 g/mol. The van der Waals surface area contributed by atoms with Crippen LogP contribution in [0.1, 0.15) is 5.56 Å². The van der Waals surface area contributed by atoms with Crippen molar-refractivity contribution < 1.29 is 0 Å². The minimum absolute atomic E-state index is 0.579. The first-order chi connectivity index (χ1) is 11.3. The number of hydrogen-bond donors (Lipinski definition) is 1. The van der Waals surface area contributed by atoms with Crippen LogP contribution >= 0.6 is 0 Å². The number of pyridine rings is 1. The Bertz CT molecular complexity index is 642. The molecule has 0 bridgehead atoms. The van der Waals surface area contributed by atoms with Crippen molar-refractivity contribution in [1.29, 1.82) is 5.26 Å². The van der Waals surface area contributed by atoms with E-state index in [1.807, 2.05) is 12.1 Å². The molecule has 3 heterocycles. The zero-order valence-corrected chi connectivity index (χ0v) is 12.9. The molecule has 1 aliphatic heterocycles. The molecule has 0 radical (unpaired) electrons. The molecular weight excluding hydrogens is 290 g/mol. The van der Waals surface area contributed by atoms with Crippen LogP contribution in [-0.4, -0.2) is 59.1 Å². The highest BCUT2D eigenvalue weighted by molar-refractivity contribution is 5.38. The van der Waals surface area contributed by atoms with E-state index < -0.39 is 0 Å². The maximum Gasteiger partial charge on any atom is 0.225 e. The van der Waals surface area contributed by atoms with Gasteiger partial charge in [-0.15, -0.1) is 0 Å². The lowest BCUT2D eigenvalue weighted by Gasteiger charge is -2.34. The summed E-state index contributed by atoms with van der Waals surface area (Å²) in [5, 5.41) is 12.0. The van der Waals surface area contributed by atoms with E-state index in [0.717, 1.165) is 51.0 Å². The van der Waals surface area contributed by atoms with Crippen LogP contribution in [-0.2, 0) is 0 Å². The number of aromatic nitrogens is 3. The Morgan fingerprint density at radius 2 is 1.87 bits per heavy atom. The molecule has 23 heavy (non-hydrogen) atoms. The Hall–Kier alpha value is -2.72. The molecule has 0 aliphatic carbocycles. The van der Waals surface area contributed by atoms with Gasteiger partial charge in [0, 0.05) is 57.9 Å². The van der Waals surface area contributed by atoms with E-state index in [9.17, 15) is 0 Å². The molecule has 0 unspecified atom stereocenters. The minimum Gasteiger partial charge on any atom is -0.369 e. The summed E-state index contributed by atoms with van der Waals surface area (Å²) in [5.41, 5.74) is 0.579. The first-order valence-electron chi connectivity index (χ1n) is 7.69. The summed E-state index contributed by atoms with van der Waals surface area (Å²) >= 11 is 0. The molecule has 7 nitrogen and oxygen atoms in total. The molecule has 0 saturated carbocycles. The molecule has 2 aromatic heterocycles. The van der Waals surface area contributed by atoms with Crippen molar-refractivity contribution in [2.24, 2.45) is 0 Å². The number of nitrogens with zero attached hydrogens (tertiary/aromatic N) is 6. The average molecular weight is 309 g/mol. The zero-order valence-electron chi connectivity index (χ0n) is 12.9. The summed E-state index contributed by atoms with van der Waals surface area (Å²) in [5.74, 6) is 1.62. The SMILES string of the molecule is N#Cc1ccc(NCCN2CCN(c3ncccn3)CC2)nc1. The highest BCUT2D eigenvalue weighted by Gasteiger charge is 2.18. The fourth-order valence-corrected chi connectivity index (χ4v) is 2.53. The molecule has 0 amide bonds.